The summed E-state index contributed by atoms with van der Waals surface area (Å²) < 4.78 is 0. The van der Waals surface area contributed by atoms with Crippen molar-refractivity contribution < 1.29 is 19.8 Å². The van der Waals surface area contributed by atoms with Crippen LogP contribution < -0.4 is 5.32 Å². The summed E-state index contributed by atoms with van der Waals surface area (Å²) in [5.74, 6) is -2.04. The van der Waals surface area contributed by atoms with Crippen molar-refractivity contribution in [3.8, 4) is 0 Å². The highest BCUT2D eigenvalue weighted by molar-refractivity contribution is 6.04. The summed E-state index contributed by atoms with van der Waals surface area (Å²) in [7, 11) is 0. The molecule has 2 rings (SSSR count). The molecular formula is C13H12N2O4. The fourth-order valence-electron chi connectivity index (χ4n) is 1.79. The van der Waals surface area contributed by atoms with Crippen LogP contribution in [0.15, 0.2) is 30.5 Å². The number of nitrogens with zero attached hydrogens (tertiary/aromatic N) is 1. The normalized spacial score (nSPS) is 10.3. The van der Waals surface area contributed by atoms with Crippen molar-refractivity contribution in [2.75, 3.05) is 11.9 Å². The Morgan fingerprint density at radius 1 is 1.21 bits per heavy atom. The zero-order chi connectivity index (χ0) is 13.8. The molecule has 6 heteroatoms. The number of aromatic nitrogens is 1. The van der Waals surface area contributed by atoms with E-state index in [0.717, 1.165) is 0 Å². The fraction of sp³-hybridized carbons (Fsp3) is 0.154. The Balaban J connectivity index is 2.43. The van der Waals surface area contributed by atoms with Gasteiger partial charge < -0.3 is 15.5 Å². The molecule has 0 fully saturated rings. The number of aliphatic carboxylic acids is 1. The van der Waals surface area contributed by atoms with Gasteiger partial charge in [0.25, 0.3) is 0 Å². The SMILES string of the molecule is O=C(O)CCNc1c(C(=O)O)cnc2ccccc12. The van der Waals surface area contributed by atoms with E-state index in [9.17, 15) is 9.59 Å². The Labute approximate surface area is 108 Å². The minimum Gasteiger partial charge on any atom is -0.481 e. The molecule has 0 aliphatic rings. The van der Waals surface area contributed by atoms with E-state index in [0.29, 0.717) is 16.6 Å². The maximum absolute atomic E-state index is 11.2. The standard InChI is InChI=1S/C13H12N2O4/c16-11(17)5-6-14-12-8-3-1-2-4-10(8)15-7-9(12)13(18)19/h1-4,7H,5-6H2,(H,14,15)(H,16,17)(H,18,19). The van der Waals surface area contributed by atoms with Gasteiger partial charge in [-0.05, 0) is 6.07 Å². The number of pyridine rings is 1. The topological polar surface area (TPSA) is 99.5 Å². The van der Waals surface area contributed by atoms with Crippen molar-refractivity contribution in [3.05, 3.63) is 36.0 Å². The predicted molar refractivity (Wildman–Crippen MR) is 69.4 cm³/mol. The lowest BCUT2D eigenvalue weighted by Gasteiger charge is -2.11. The van der Waals surface area contributed by atoms with E-state index < -0.39 is 11.9 Å². The lowest BCUT2D eigenvalue weighted by molar-refractivity contribution is -0.136. The molecule has 3 N–H and O–H groups in total. The second-order valence-electron chi connectivity index (χ2n) is 3.94. The number of benzene rings is 1. The predicted octanol–water partition coefficient (Wildman–Crippen LogP) is 1.82. The third-order valence-corrected chi connectivity index (χ3v) is 2.65. The Bertz CT molecular complexity index is 640. The van der Waals surface area contributed by atoms with Crippen molar-refractivity contribution in [3.63, 3.8) is 0 Å². The van der Waals surface area contributed by atoms with E-state index in [4.69, 9.17) is 10.2 Å². The van der Waals surface area contributed by atoms with Gasteiger partial charge in [-0.15, -0.1) is 0 Å². The maximum atomic E-state index is 11.2. The second-order valence-corrected chi connectivity index (χ2v) is 3.94. The van der Waals surface area contributed by atoms with Crippen LogP contribution >= 0.6 is 0 Å². The van der Waals surface area contributed by atoms with E-state index in [1.54, 1.807) is 24.3 Å². The molecule has 0 atom stereocenters. The van der Waals surface area contributed by atoms with Gasteiger partial charge in [-0.2, -0.15) is 0 Å². The zero-order valence-electron chi connectivity index (χ0n) is 9.96. The third kappa shape index (κ3) is 2.79. The Hall–Kier alpha value is -2.63. The molecule has 1 aromatic heterocycles. The Morgan fingerprint density at radius 3 is 2.63 bits per heavy atom. The first-order valence-electron chi connectivity index (χ1n) is 5.66. The number of aromatic carboxylic acids is 1. The third-order valence-electron chi connectivity index (χ3n) is 2.65. The quantitative estimate of drug-likeness (QED) is 0.758. The lowest BCUT2D eigenvalue weighted by atomic mass is 10.1. The number of carboxylic acid groups (broad SMARTS) is 2. The van der Waals surface area contributed by atoms with Crippen molar-refractivity contribution >= 4 is 28.5 Å². The molecule has 0 radical (unpaired) electrons. The molecule has 19 heavy (non-hydrogen) atoms. The van der Waals surface area contributed by atoms with Gasteiger partial charge >= 0.3 is 11.9 Å². The van der Waals surface area contributed by atoms with Gasteiger partial charge in [-0.1, -0.05) is 18.2 Å². The highest BCUT2D eigenvalue weighted by Crippen LogP contribution is 2.25. The molecule has 0 amide bonds. The first kappa shape index (κ1) is 12.8. The summed E-state index contributed by atoms with van der Waals surface area (Å²) in [6.45, 7) is 0.156. The van der Waals surface area contributed by atoms with Crippen molar-refractivity contribution in [2.45, 2.75) is 6.42 Å². The van der Waals surface area contributed by atoms with E-state index in [1.807, 2.05) is 0 Å². The molecule has 0 unspecified atom stereocenters. The van der Waals surface area contributed by atoms with E-state index in [1.165, 1.54) is 6.20 Å². The number of carbonyl (C=O) groups is 2. The molecule has 1 aromatic carbocycles. The minimum atomic E-state index is -1.10. The largest absolute Gasteiger partial charge is 0.481 e. The van der Waals surface area contributed by atoms with E-state index in [-0.39, 0.29) is 18.5 Å². The molecule has 0 saturated carbocycles. The number of anilines is 1. The van der Waals surface area contributed by atoms with Gasteiger partial charge in [-0.3, -0.25) is 9.78 Å². The van der Waals surface area contributed by atoms with Crippen LogP contribution in [-0.2, 0) is 4.79 Å². The molecule has 0 bridgehead atoms. The second kappa shape index (κ2) is 5.34. The Kier molecular flexibility index (Phi) is 3.61. The summed E-state index contributed by atoms with van der Waals surface area (Å²) in [4.78, 5) is 25.7. The molecule has 1 heterocycles. The first-order valence-corrected chi connectivity index (χ1v) is 5.66. The van der Waals surface area contributed by atoms with Crippen LogP contribution in [0.25, 0.3) is 10.9 Å². The number of hydrogen-bond donors (Lipinski definition) is 3. The molecule has 6 nitrogen and oxygen atoms in total. The van der Waals surface area contributed by atoms with Crippen LogP contribution in [0.2, 0.25) is 0 Å². The van der Waals surface area contributed by atoms with Gasteiger partial charge in [0.2, 0.25) is 0 Å². The minimum absolute atomic E-state index is 0.0316. The van der Waals surface area contributed by atoms with Crippen molar-refractivity contribution in [1.82, 2.24) is 4.98 Å². The fourth-order valence-corrected chi connectivity index (χ4v) is 1.79. The molecular weight excluding hydrogens is 248 g/mol. The molecule has 2 aromatic rings. The number of hydrogen-bond acceptors (Lipinski definition) is 4. The van der Waals surface area contributed by atoms with Gasteiger partial charge in [0, 0.05) is 18.1 Å². The van der Waals surface area contributed by atoms with Crippen molar-refractivity contribution in [2.24, 2.45) is 0 Å². The van der Waals surface area contributed by atoms with Gasteiger partial charge in [0.05, 0.1) is 17.6 Å². The Morgan fingerprint density at radius 2 is 1.95 bits per heavy atom. The van der Waals surface area contributed by atoms with Gasteiger partial charge in [0.15, 0.2) is 0 Å². The maximum Gasteiger partial charge on any atom is 0.339 e. The van der Waals surface area contributed by atoms with E-state index >= 15 is 0 Å². The van der Waals surface area contributed by atoms with E-state index in [2.05, 4.69) is 10.3 Å². The van der Waals surface area contributed by atoms with Crippen LogP contribution in [-0.4, -0.2) is 33.7 Å². The summed E-state index contributed by atoms with van der Waals surface area (Å²) in [6.07, 6.45) is 1.18. The summed E-state index contributed by atoms with van der Waals surface area (Å²) in [6, 6.07) is 7.09. The summed E-state index contributed by atoms with van der Waals surface area (Å²) in [5, 5.41) is 21.3. The van der Waals surface area contributed by atoms with Crippen molar-refractivity contribution in [1.29, 1.82) is 0 Å². The van der Waals surface area contributed by atoms with Crippen LogP contribution in [0.1, 0.15) is 16.8 Å². The van der Waals surface area contributed by atoms with Crippen LogP contribution in [0.5, 0.6) is 0 Å². The van der Waals surface area contributed by atoms with Crippen LogP contribution in [0, 0.1) is 0 Å². The molecule has 98 valence electrons. The zero-order valence-corrected chi connectivity index (χ0v) is 9.96. The number of rotatable bonds is 5. The lowest BCUT2D eigenvalue weighted by Crippen LogP contribution is -2.11. The average molecular weight is 260 g/mol. The first-order chi connectivity index (χ1) is 9.09. The molecule has 0 saturated heterocycles. The van der Waals surface area contributed by atoms with Gasteiger partial charge in [-0.25, -0.2) is 4.79 Å². The van der Waals surface area contributed by atoms with Crippen LogP contribution in [0.3, 0.4) is 0 Å². The summed E-state index contributed by atoms with van der Waals surface area (Å²) in [5.41, 5.74) is 1.09. The molecule has 0 aliphatic heterocycles. The molecule has 0 aliphatic carbocycles. The van der Waals surface area contributed by atoms with Gasteiger partial charge in [0.1, 0.15) is 5.56 Å². The number of nitrogens with one attached hydrogen (secondary N) is 1. The highest BCUT2D eigenvalue weighted by atomic mass is 16.4. The van der Waals surface area contributed by atoms with Crippen LogP contribution in [0.4, 0.5) is 5.69 Å². The molecule has 0 spiro atoms. The average Bonchev–Trinajstić information content (AvgIpc) is 2.38. The number of para-hydroxylation sites is 1. The number of carboxylic acids is 2. The number of fused-ring (bicyclic) bond motifs is 1. The summed E-state index contributed by atoms with van der Waals surface area (Å²) >= 11 is 0. The monoisotopic (exact) mass is 260 g/mol. The highest BCUT2D eigenvalue weighted by Gasteiger charge is 2.14. The smallest absolute Gasteiger partial charge is 0.339 e.